The Bertz CT molecular complexity index is 811. The van der Waals surface area contributed by atoms with Gasteiger partial charge in [-0.25, -0.2) is 9.18 Å². The summed E-state index contributed by atoms with van der Waals surface area (Å²) in [7, 11) is 1.50. The lowest BCUT2D eigenvalue weighted by Crippen LogP contribution is -2.18. The van der Waals surface area contributed by atoms with Crippen LogP contribution in [0.2, 0.25) is 5.02 Å². The number of anilines is 1. The summed E-state index contributed by atoms with van der Waals surface area (Å²) in [5, 5.41) is 2.76. The van der Waals surface area contributed by atoms with Crippen LogP contribution < -0.4 is 11.1 Å². The highest BCUT2D eigenvalue weighted by atomic mass is 35.5. The molecule has 0 spiro atoms. The fourth-order valence-corrected chi connectivity index (χ4v) is 4.39. The summed E-state index contributed by atoms with van der Waals surface area (Å²) in [6.07, 6.45) is 0. The van der Waals surface area contributed by atoms with Gasteiger partial charge in [0.15, 0.2) is 0 Å². The van der Waals surface area contributed by atoms with Gasteiger partial charge in [0.2, 0.25) is 0 Å². The van der Waals surface area contributed by atoms with Gasteiger partial charge < -0.3 is 15.8 Å². The van der Waals surface area contributed by atoms with Crippen molar-refractivity contribution < 1.29 is 18.7 Å². The molecule has 1 heterocycles. The average molecular weight is 403 g/mol. The zero-order chi connectivity index (χ0) is 18.6. The lowest BCUT2D eigenvalue weighted by molar-refractivity contribution is 0.0527. The lowest BCUT2D eigenvalue weighted by Gasteiger charge is -2.08. The lowest BCUT2D eigenvalue weighted by atomic mass is 10.1. The quantitative estimate of drug-likeness (QED) is 0.564. The van der Waals surface area contributed by atoms with Crippen molar-refractivity contribution in [2.75, 3.05) is 19.4 Å². The van der Waals surface area contributed by atoms with Crippen LogP contribution in [0.3, 0.4) is 0 Å². The summed E-state index contributed by atoms with van der Waals surface area (Å²) in [6.45, 7) is 1.89. The monoisotopic (exact) mass is 402 g/mol. The maximum Gasteiger partial charge on any atom is 0.341 e. The minimum atomic E-state index is -0.570. The van der Waals surface area contributed by atoms with Crippen molar-refractivity contribution in [2.24, 2.45) is 0 Å². The molecule has 1 amide bonds. The molecule has 0 aliphatic rings. The first kappa shape index (κ1) is 19.6. The Morgan fingerprint density at radius 3 is 2.76 bits per heavy atom. The molecule has 25 heavy (non-hydrogen) atoms. The molecule has 5 nitrogen and oxygen atoms in total. The number of nitrogen functional groups attached to an aromatic ring is 1. The van der Waals surface area contributed by atoms with E-state index in [-0.39, 0.29) is 33.9 Å². The Kier molecular flexibility index (Phi) is 6.69. The van der Waals surface area contributed by atoms with Gasteiger partial charge in [0.05, 0.1) is 22.1 Å². The predicted octanol–water partition coefficient (Wildman–Crippen LogP) is 3.95. The van der Waals surface area contributed by atoms with Gasteiger partial charge >= 0.3 is 5.97 Å². The number of amides is 1. The highest BCUT2D eigenvalue weighted by molar-refractivity contribution is 7.98. The van der Waals surface area contributed by atoms with E-state index < -0.39 is 11.8 Å². The van der Waals surface area contributed by atoms with Crippen LogP contribution in [0.15, 0.2) is 23.1 Å². The molecule has 9 heteroatoms. The van der Waals surface area contributed by atoms with Crippen molar-refractivity contribution in [1.82, 2.24) is 5.32 Å². The molecular weight excluding hydrogens is 387 g/mol. The van der Waals surface area contributed by atoms with Gasteiger partial charge in [0.1, 0.15) is 10.8 Å². The normalized spacial score (nSPS) is 10.6. The predicted molar refractivity (Wildman–Crippen MR) is 99.0 cm³/mol. The SMILES string of the molecule is CCOC(=O)c1c(N)sc(C(=O)NC)c1CSc1ccc(F)c(Cl)c1. The van der Waals surface area contributed by atoms with Crippen molar-refractivity contribution in [3.8, 4) is 0 Å². The molecule has 0 radical (unpaired) electrons. The van der Waals surface area contributed by atoms with E-state index in [1.165, 1.54) is 30.9 Å². The van der Waals surface area contributed by atoms with Gasteiger partial charge in [0, 0.05) is 23.3 Å². The topological polar surface area (TPSA) is 81.4 Å². The number of carbonyl (C=O) groups excluding carboxylic acids is 2. The second kappa shape index (κ2) is 8.55. The summed E-state index contributed by atoms with van der Waals surface area (Å²) in [5.41, 5.74) is 6.63. The van der Waals surface area contributed by atoms with Gasteiger partial charge in [-0.3, -0.25) is 4.79 Å². The second-order valence-corrected chi connectivity index (χ2v) is 7.32. The van der Waals surface area contributed by atoms with E-state index in [9.17, 15) is 14.0 Å². The third-order valence-corrected chi connectivity index (χ3v) is 5.59. The molecule has 0 atom stereocenters. The Morgan fingerprint density at radius 2 is 2.16 bits per heavy atom. The van der Waals surface area contributed by atoms with Gasteiger partial charge in [-0.1, -0.05) is 11.6 Å². The van der Waals surface area contributed by atoms with Crippen LogP contribution in [-0.4, -0.2) is 25.5 Å². The van der Waals surface area contributed by atoms with Gasteiger partial charge in [0.25, 0.3) is 5.91 Å². The molecule has 0 saturated heterocycles. The van der Waals surface area contributed by atoms with E-state index in [4.69, 9.17) is 22.1 Å². The number of halogens is 2. The third-order valence-electron chi connectivity index (χ3n) is 3.22. The minimum absolute atomic E-state index is 0.00646. The molecule has 0 unspecified atom stereocenters. The number of carbonyl (C=O) groups is 2. The van der Waals surface area contributed by atoms with E-state index in [2.05, 4.69) is 5.32 Å². The molecule has 0 saturated carbocycles. The Morgan fingerprint density at radius 1 is 1.44 bits per heavy atom. The number of hydrogen-bond acceptors (Lipinski definition) is 6. The van der Waals surface area contributed by atoms with Crippen LogP contribution in [0.5, 0.6) is 0 Å². The number of nitrogens with two attached hydrogens (primary N) is 1. The standard InChI is InChI=1S/C16H16ClFN2O3S2/c1-3-23-16(22)12-9(13(15(21)20-2)25-14(12)19)7-24-8-4-5-11(18)10(17)6-8/h4-6H,3,7,19H2,1-2H3,(H,20,21). The first-order valence-corrected chi connectivity index (χ1v) is 9.45. The largest absolute Gasteiger partial charge is 0.462 e. The van der Waals surface area contributed by atoms with Gasteiger partial charge in [-0.2, -0.15) is 0 Å². The molecule has 1 aromatic heterocycles. The van der Waals surface area contributed by atoms with E-state index in [0.717, 1.165) is 11.3 Å². The van der Waals surface area contributed by atoms with Crippen LogP contribution in [-0.2, 0) is 10.5 Å². The number of thioether (sulfide) groups is 1. The molecule has 1 aromatic carbocycles. The molecule has 2 rings (SSSR count). The number of benzene rings is 1. The second-order valence-electron chi connectivity index (χ2n) is 4.81. The van der Waals surface area contributed by atoms with Crippen molar-refractivity contribution in [2.45, 2.75) is 17.6 Å². The molecular formula is C16H16ClFN2O3S2. The van der Waals surface area contributed by atoms with Crippen LogP contribution >= 0.6 is 34.7 Å². The van der Waals surface area contributed by atoms with Crippen LogP contribution in [0.1, 0.15) is 32.5 Å². The van der Waals surface area contributed by atoms with E-state index in [0.29, 0.717) is 15.3 Å². The first-order chi connectivity index (χ1) is 11.9. The van der Waals surface area contributed by atoms with E-state index in [1.54, 1.807) is 13.0 Å². The highest BCUT2D eigenvalue weighted by Crippen LogP contribution is 2.36. The zero-order valence-electron chi connectivity index (χ0n) is 13.5. The third kappa shape index (κ3) is 4.45. The smallest absolute Gasteiger partial charge is 0.341 e. The van der Waals surface area contributed by atoms with Crippen LogP contribution in [0.4, 0.5) is 9.39 Å². The van der Waals surface area contributed by atoms with Crippen LogP contribution in [0.25, 0.3) is 0 Å². The fourth-order valence-electron chi connectivity index (χ4n) is 2.07. The van der Waals surface area contributed by atoms with Crippen LogP contribution in [0, 0.1) is 5.82 Å². The van der Waals surface area contributed by atoms with E-state index in [1.807, 2.05) is 0 Å². The molecule has 0 bridgehead atoms. The number of ether oxygens (including phenoxy) is 1. The molecule has 0 aliphatic heterocycles. The summed E-state index contributed by atoms with van der Waals surface area (Å²) >= 11 is 8.13. The number of rotatable bonds is 6. The highest BCUT2D eigenvalue weighted by Gasteiger charge is 2.26. The molecule has 0 fully saturated rings. The molecule has 134 valence electrons. The number of nitrogens with one attached hydrogen (secondary N) is 1. The van der Waals surface area contributed by atoms with Crippen molar-refractivity contribution in [3.63, 3.8) is 0 Å². The summed E-state index contributed by atoms with van der Waals surface area (Å²) in [4.78, 5) is 25.4. The average Bonchev–Trinajstić information content (AvgIpc) is 2.92. The van der Waals surface area contributed by atoms with Gasteiger partial charge in [-0.05, 0) is 25.1 Å². The maximum atomic E-state index is 13.3. The summed E-state index contributed by atoms with van der Waals surface area (Å²) in [5.74, 6) is -1.13. The van der Waals surface area contributed by atoms with Crippen molar-refractivity contribution in [1.29, 1.82) is 0 Å². The summed E-state index contributed by atoms with van der Waals surface area (Å²) in [6, 6.07) is 4.32. The van der Waals surface area contributed by atoms with E-state index >= 15 is 0 Å². The minimum Gasteiger partial charge on any atom is -0.462 e. The summed E-state index contributed by atoms with van der Waals surface area (Å²) < 4.78 is 18.3. The zero-order valence-corrected chi connectivity index (χ0v) is 15.9. The number of thiophene rings is 1. The Balaban J connectivity index is 2.37. The molecule has 3 N–H and O–H groups in total. The fraction of sp³-hybridized carbons (Fsp3) is 0.250. The first-order valence-electron chi connectivity index (χ1n) is 7.27. The molecule has 0 aliphatic carbocycles. The number of esters is 1. The number of hydrogen-bond donors (Lipinski definition) is 2. The molecule has 2 aromatic rings. The van der Waals surface area contributed by atoms with Crippen molar-refractivity contribution in [3.05, 3.63) is 45.0 Å². The Hall–Kier alpha value is -1.77. The Labute approximate surface area is 157 Å². The maximum absolute atomic E-state index is 13.3. The van der Waals surface area contributed by atoms with Crippen molar-refractivity contribution >= 4 is 51.6 Å². The van der Waals surface area contributed by atoms with Gasteiger partial charge in [-0.15, -0.1) is 23.1 Å².